The average molecular weight is 253 g/mol. The van der Waals surface area contributed by atoms with Gasteiger partial charge in [-0.05, 0) is 31.4 Å². The molecule has 1 heterocycles. The lowest BCUT2D eigenvalue weighted by atomic mass is 9.99. The number of hydrazine groups is 1. The number of pyridine rings is 1. The number of amides is 1. The number of carbonyl (C=O) groups is 1. The fourth-order valence-electron chi connectivity index (χ4n) is 1.66. The molecule has 17 heavy (non-hydrogen) atoms. The number of nitrogens with two attached hydrogens (primary N) is 1. The van der Waals surface area contributed by atoms with Gasteiger partial charge < -0.3 is 0 Å². The van der Waals surface area contributed by atoms with Gasteiger partial charge in [0.05, 0.1) is 5.56 Å². The number of rotatable bonds is 3. The Labute approximate surface area is 105 Å². The molecule has 0 atom stereocenters. The Morgan fingerprint density at radius 2 is 2.24 bits per heavy atom. The Balaban J connectivity index is 3.08. The molecule has 0 aliphatic heterocycles. The van der Waals surface area contributed by atoms with Crippen LogP contribution in [0.3, 0.4) is 0 Å². The summed E-state index contributed by atoms with van der Waals surface area (Å²) in [6.07, 6.45) is 0.742. The highest BCUT2D eigenvalue weighted by Gasteiger charge is 2.14. The van der Waals surface area contributed by atoms with Crippen LogP contribution in [-0.2, 0) is 11.2 Å². The minimum absolute atomic E-state index is 0.203. The van der Waals surface area contributed by atoms with Crippen molar-refractivity contribution in [3.63, 3.8) is 0 Å². The Hall–Kier alpha value is -1.64. The summed E-state index contributed by atoms with van der Waals surface area (Å²) in [6, 6.07) is 2.01. The van der Waals surface area contributed by atoms with Crippen molar-refractivity contribution >= 4 is 17.5 Å². The van der Waals surface area contributed by atoms with Gasteiger partial charge >= 0.3 is 0 Å². The van der Waals surface area contributed by atoms with Crippen molar-refractivity contribution in [1.82, 2.24) is 10.4 Å². The first-order valence-corrected chi connectivity index (χ1v) is 5.44. The number of nitrogens with zero attached hydrogens (tertiary/aromatic N) is 2. The van der Waals surface area contributed by atoms with Gasteiger partial charge in [-0.2, -0.15) is 5.26 Å². The van der Waals surface area contributed by atoms with Crippen LogP contribution in [-0.4, -0.2) is 10.9 Å². The molecule has 6 heteroatoms. The van der Waals surface area contributed by atoms with Crippen LogP contribution in [0.1, 0.15) is 28.8 Å². The van der Waals surface area contributed by atoms with Crippen LogP contribution in [0.4, 0.5) is 0 Å². The number of nitriles is 1. The minimum atomic E-state index is -0.253. The van der Waals surface area contributed by atoms with Crippen molar-refractivity contribution in [2.75, 3.05) is 0 Å². The quantitative estimate of drug-likeness (QED) is 0.365. The second kappa shape index (κ2) is 5.62. The monoisotopic (exact) mass is 252 g/mol. The van der Waals surface area contributed by atoms with E-state index >= 15 is 0 Å². The molecule has 3 N–H and O–H groups in total. The molecule has 0 unspecified atom stereocenters. The van der Waals surface area contributed by atoms with Crippen LogP contribution >= 0.6 is 11.6 Å². The summed E-state index contributed by atoms with van der Waals surface area (Å²) in [4.78, 5) is 15.2. The molecule has 0 saturated carbocycles. The van der Waals surface area contributed by atoms with Gasteiger partial charge in [0, 0.05) is 12.1 Å². The molecule has 0 aromatic carbocycles. The molecule has 0 spiro atoms. The van der Waals surface area contributed by atoms with E-state index < -0.39 is 0 Å². The zero-order valence-electron chi connectivity index (χ0n) is 9.67. The van der Waals surface area contributed by atoms with Crippen LogP contribution in [0.25, 0.3) is 0 Å². The maximum absolute atomic E-state index is 11.1. The third-order valence-electron chi connectivity index (χ3n) is 2.61. The van der Waals surface area contributed by atoms with Crippen molar-refractivity contribution in [1.29, 1.82) is 5.26 Å². The topological polar surface area (TPSA) is 91.8 Å². The van der Waals surface area contributed by atoms with Crippen LogP contribution in [0, 0.1) is 25.2 Å². The van der Waals surface area contributed by atoms with E-state index in [1.807, 2.05) is 6.07 Å². The molecule has 0 aliphatic rings. The predicted octanol–water partition coefficient (Wildman–Crippen LogP) is 1.15. The molecule has 1 aromatic rings. The molecular weight excluding hydrogens is 240 g/mol. The maximum atomic E-state index is 11.1. The molecular formula is C11H13ClN4O. The number of aryl methyl sites for hydroxylation is 1. The molecule has 0 bridgehead atoms. The average Bonchev–Trinajstić information content (AvgIpc) is 2.28. The van der Waals surface area contributed by atoms with Gasteiger partial charge in [-0.25, -0.2) is 10.8 Å². The first-order valence-electron chi connectivity index (χ1n) is 5.06. The van der Waals surface area contributed by atoms with Gasteiger partial charge in [0.25, 0.3) is 0 Å². The van der Waals surface area contributed by atoms with Crippen molar-refractivity contribution < 1.29 is 4.79 Å². The number of aromatic nitrogens is 1. The smallest absolute Gasteiger partial charge is 0.234 e. The van der Waals surface area contributed by atoms with Gasteiger partial charge in [-0.15, -0.1) is 0 Å². The van der Waals surface area contributed by atoms with E-state index in [0.717, 1.165) is 16.8 Å². The first-order chi connectivity index (χ1) is 8.01. The van der Waals surface area contributed by atoms with Crippen LogP contribution < -0.4 is 11.3 Å². The van der Waals surface area contributed by atoms with E-state index in [1.54, 1.807) is 13.8 Å². The molecule has 1 rings (SSSR count). The number of halogens is 1. The molecule has 90 valence electrons. The summed E-state index contributed by atoms with van der Waals surface area (Å²) >= 11 is 5.86. The van der Waals surface area contributed by atoms with Crippen LogP contribution in [0.5, 0.6) is 0 Å². The largest absolute Gasteiger partial charge is 0.294 e. The van der Waals surface area contributed by atoms with Crippen molar-refractivity contribution in [2.45, 2.75) is 26.7 Å². The number of nitrogens with one attached hydrogen (secondary N) is 1. The zero-order valence-corrected chi connectivity index (χ0v) is 10.4. The summed E-state index contributed by atoms with van der Waals surface area (Å²) in [5, 5.41) is 9.17. The summed E-state index contributed by atoms with van der Waals surface area (Å²) in [6.45, 7) is 3.60. The standard InChI is InChI=1S/C11H13ClN4O/c1-6-8(3-4-10(17)16-14)7(2)15-11(12)9(6)5-13/h3-4,14H2,1-2H3,(H,16,17). The third-order valence-corrected chi connectivity index (χ3v) is 2.88. The zero-order chi connectivity index (χ0) is 13.0. The first kappa shape index (κ1) is 13.4. The molecule has 5 nitrogen and oxygen atoms in total. The Morgan fingerprint density at radius 1 is 1.59 bits per heavy atom. The highest BCUT2D eigenvalue weighted by molar-refractivity contribution is 6.30. The van der Waals surface area contributed by atoms with Crippen LogP contribution in [0.15, 0.2) is 0 Å². The number of carbonyl (C=O) groups excluding carboxylic acids is 1. The van der Waals surface area contributed by atoms with Gasteiger partial charge in [0.1, 0.15) is 11.2 Å². The highest BCUT2D eigenvalue weighted by atomic mass is 35.5. The lowest BCUT2D eigenvalue weighted by molar-refractivity contribution is -0.121. The molecule has 0 aliphatic carbocycles. The van der Waals surface area contributed by atoms with Crippen molar-refractivity contribution in [2.24, 2.45) is 5.84 Å². The predicted molar refractivity (Wildman–Crippen MR) is 64.1 cm³/mol. The van der Waals surface area contributed by atoms with Gasteiger partial charge in [-0.3, -0.25) is 10.2 Å². The van der Waals surface area contributed by atoms with E-state index in [9.17, 15) is 4.79 Å². The fourth-order valence-corrected chi connectivity index (χ4v) is 1.97. The lowest BCUT2D eigenvalue weighted by Crippen LogP contribution is -2.30. The molecule has 0 radical (unpaired) electrons. The van der Waals surface area contributed by atoms with E-state index in [0.29, 0.717) is 12.0 Å². The van der Waals surface area contributed by atoms with E-state index in [1.165, 1.54) is 0 Å². The number of hydrogen-bond donors (Lipinski definition) is 2. The SMILES string of the molecule is Cc1nc(Cl)c(C#N)c(C)c1CCC(=O)NN. The molecule has 0 saturated heterocycles. The van der Waals surface area contributed by atoms with Gasteiger partial charge in [0.2, 0.25) is 5.91 Å². The summed E-state index contributed by atoms with van der Waals surface area (Å²) in [5.41, 5.74) is 4.80. The van der Waals surface area contributed by atoms with Crippen molar-refractivity contribution in [3.05, 3.63) is 27.5 Å². The van der Waals surface area contributed by atoms with E-state index in [4.69, 9.17) is 22.7 Å². The normalized spacial score (nSPS) is 9.82. The van der Waals surface area contributed by atoms with Gasteiger partial charge in [0.15, 0.2) is 0 Å². The molecule has 1 amide bonds. The van der Waals surface area contributed by atoms with Crippen LogP contribution in [0.2, 0.25) is 5.15 Å². The van der Waals surface area contributed by atoms with Gasteiger partial charge in [-0.1, -0.05) is 11.6 Å². The number of hydrogen-bond acceptors (Lipinski definition) is 4. The minimum Gasteiger partial charge on any atom is -0.294 e. The molecule has 1 aromatic heterocycles. The molecule has 0 fully saturated rings. The second-order valence-corrected chi connectivity index (χ2v) is 4.00. The van der Waals surface area contributed by atoms with Crippen molar-refractivity contribution in [3.8, 4) is 6.07 Å². The second-order valence-electron chi connectivity index (χ2n) is 3.65. The Morgan fingerprint density at radius 3 is 2.76 bits per heavy atom. The highest BCUT2D eigenvalue weighted by Crippen LogP contribution is 2.23. The Kier molecular flexibility index (Phi) is 4.44. The van der Waals surface area contributed by atoms with E-state index in [-0.39, 0.29) is 17.5 Å². The summed E-state index contributed by atoms with van der Waals surface area (Å²) in [5.74, 6) is 4.75. The fraction of sp³-hybridized carbons (Fsp3) is 0.364. The Bertz CT molecular complexity index is 493. The van der Waals surface area contributed by atoms with E-state index in [2.05, 4.69) is 10.4 Å². The third kappa shape index (κ3) is 2.93. The maximum Gasteiger partial charge on any atom is 0.234 e. The summed E-state index contributed by atoms with van der Waals surface area (Å²) < 4.78 is 0. The summed E-state index contributed by atoms with van der Waals surface area (Å²) in [7, 11) is 0. The lowest BCUT2D eigenvalue weighted by Gasteiger charge is -2.11.